The summed E-state index contributed by atoms with van der Waals surface area (Å²) in [7, 11) is 2.97. The predicted molar refractivity (Wildman–Crippen MR) is 177 cm³/mol. The molecule has 5 fully saturated rings. The Morgan fingerprint density at radius 3 is 2.33 bits per heavy atom. The Bertz CT molecular complexity index is 1120. The number of aliphatic hydroxyl groups is 3. The molecule has 5 rings (SSSR count). The molecule has 0 unspecified atom stereocenters. The van der Waals surface area contributed by atoms with E-state index in [4.69, 9.17) is 33.2 Å². The van der Waals surface area contributed by atoms with E-state index in [9.17, 15) is 20.1 Å². The monoisotopic (exact) mass is 684 g/mol. The lowest BCUT2D eigenvalue weighted by Gasteiger charge is -2.49. The lowest BCUT2D eigenvalue weighted by molar-refractivity contribution is -0.336. The van der Waals surface area contributed by atoms with Gasteiger partial charge in [-0.15, -0.1) is 0 Å². The van der Waals surface area contributed by atoms with E-state index < -0.39 is 53.6 Å². The van der Waals surface area contributed by atoms with Crippen LogP contribution in [0.15, 0.2) is 0 Å². The summed E-state index contributed by atoms with van der Waals surface area (Å²) in [6.45, 7) is 15.9. The van der Waals surface area contributed by atoms with Gasteiger partial charge in [-0.2, -0.15) is 0 Å². The minimum atomic E-state index is -1.56. The second kappa shape index (κ2) is 14.3. The Kier molecular flexibility index (Phi) is 11.4. The Balaban J connectivity index is 1.28. The summed E-state index contributed by atoms with van der Waals surface area (Å²) in [6.07, 6.45) is 3.37. The number of carbonyl (C=O) groups is 1. The molecule has 48 heavy (non-hydrogen) atoms. The minimum Gasteiger partial charge on any atom is -0.469 e. The maximum atomic E-state index is 12.4. The van der Waals surface area contributed by atoms with E-state index in [1.165, 1.54) is 7.11 Å². The van der Waals surface area contributed by atoms with E-state index >= 15 is 0 Å². The van der Waals surface area contributed by atoms with Crippen LogP contribution in [0.1, 0.15) is 107 Å². The standard InChI is InChI=1S/C37H64O11/c1-11-35(32-21(3)17-27(44-32)29-20(2)16-22(4)37(41,19-38)47-29)13-12-28(45-35)34(8)14-15-36(48-34)18-26(39)23(5)31(46-36)24(6)30(42-9)25(7)33(40)43-10/h20-32,38-39,41H,11-19H2,1-10H3/t20-,21-,22+,23+,24-,25-,26-,27+,28+,29-,30+,31+,32+,34-,35-,36+,37-/m0/s1. The maximum absolute atomic E-state index is 12.4. The number of esters is 1. The quantitative estimate of drug-likeness (QED) is 0.283. The largest absolute Gasteiger partial charge is 0.469 e. The van der Waals surface area contributed by atoms with E-state index in [0.29, 0.717) is 12.8 Å². The molecule has 5 saturated heterocycles. The smallest absolute Gasteiger partial charge is 0.311 e. The lowest BCUT2D eigenvalue weighted by Crippen LogP contribution is -2.57. The van der Waals surface area contributed by atoms with Crippen molar-refractivity contribution in [1.29, 1.82) is 0 Å². The molecule has 0 aromatic rings. The normalized spacial score (nSPS) is 50.0. The van der Waals surface area contributed by atoms with Gasteiger partial charge in [-0.05, 0) is 64.2 Å². The molecule has 3 N–H and O–H groups in total. The van der Waals surface area contributed by atoms with Crippen LogP contribution in [0.25, 0.3) is 0 Å². The Morgan fingerprint density at radius 1 is 1.00 bits per heavy atom. The SMILES string of the molecule is CC[C@@]1([C@@H]2O[C@@H]([C@H]3O[C@@](O)(CO)[C@H](C)C[C@@H]3C)C[C@@H]2C)CC[C@H]([C@]2(C)CC[C@]3(C[C@H](O)[C@@H](C)[C@H]([C@@H](C)[C@@H](OC)[C@H](C)C(=O)OC)O3)O2)O1. The third kappa shape index (κ3) is 6.74. The van der Waals surface area contributed by atoms with Crippen molar-refractivity contribution in [2.45, 2.75) is 172 Å². The first-order valence-corrected chi connectivity index (χ1v) is 18.5. The van der Waals surface area contributed by atoms with E-state index in [1.54, 1.807) is 14.0 Å². The lowest BCUT2D eigenvalue weighted by atomic mass is 9.78. The zero-order valence-electron chi connectivity index (χ0n) is 31.0. The maximum Gasteiger partial charge on any atom is 0.311 e. The van der Waals surface area contributed by atoms with Crippen molar-refractivity contribution in [2.75, 3.05) is 20.8 Å². The third-order valence-corrected chi connectivity index (χ3v) is 13.2. The minimum absolute atomic E-state index is 0.143. The van der Waals surface area contributed by atoms with Gasteiger partial charge in [0.1, 0.15) is 0 Å². The Morgan fingerprint density at radius 2 is 1.71 bits per heavy atom. The summed E-state index contributed by atoms with van der Waals surface area (Å²) < 4.78 is 44.7. The van der Waals surface area contributed by atoms with Gasteiger partial charge in [0.2, 0.25) is 0 Å². The molecule has 0 radical (unpaired) electrons. The van der Waals surface area contributed by atoms with Crippen molar-refractivity contribution in [1.82, 2.24) is 0 Å². The summed E-state index contributed by atoms with van der Waals surface area (Å²) in [5.74, 6) is -3.52. The zero-order valence-corrected chi connectivity index (χ0v) is 31.0. The second-order valence-corrected chi connectivity index (χ2v) is 16.5. The summed E-state index contributed by atoms with van der Waals surface area (Å²) in [5.41, 5.74) is -1.12. The first kappa shape index (κ1) is 38.3. The highest BCUT2D eigenvalue weighted by Crippen LogP contribution is 2.55. The number of methoxy groups -OCH3 is 2. The summed E-state index contributed by atoms with van der Waals surface area (Å²) >= 11 is 0. The van der Waals surface area contributed by atoms with E-state index in [2.05, 4.69) is 27.7 Å². The van der Waals surface area contributed by atoms with E-state index in [-0.39, 0.29) is 60.0 Å². The van der Waals surface area contributed by atoms with Crippen LogP contribution in [0.2, 0.25) is 0 Å². The summed E-state index contributed by atoms with van der Waals surface area (Å²) in [4.78, 5) is 12.4. The van der Waals surface area contributed by atoms with Gasteiger partial charge >= 0.3 is 5.97 Å². The Hall–Kier alpha value is -0.890. The number of hydrogen-bond acceptors (Lipinski definition) is 11. The molecule has 11 heteroatoms. The van der Waals surface area contributed by atoms with Gasteiger partial charge in [-0.25, -0.2) is 0 Å². The fraction of sp³-hybridized carbons (Fsp3) is 0.973. The first-order chi connectivity index (χ1) is 22.5. The molecule has 5 aliphatic heterocycles. The fourth-order valence-corrected chi connectivity index (χ4v) is 10.1. The molecule has 17 atom stereocenters. The zero-order chi connectivity index (χ0) is 35.4. The molecule has 5 heterocycles. The van der Waals surface area contributed by atoms with Crippen molar-refractivity contribution < 1.29 is 53.3 Å². The first-order valence-electron chi connectivity index (χ1n) is 18.5. The van der Waals surface area contributed by atoms with Gasteiger partial charge in [0.25, 0.3) is 0 Å². The van der Waals surface area contributed by atoms with Gasteiger partial charge in [0, 0.05) is 37.7 Å². The summed E-state index contributed by atoms with van der Waals surface area (Å²) in [6, 6.07) is 0. The highest BCUT2D eigenvalue weighted by atomic mass is 16.7. The molecule has 278 valence electrons. The number of hydrogen-bond donors (Lipinski definition) is 3. The molecule has 0 aliphatic carbocycles. The average Bonchev–Trinajstić information content (AvgIpc) is 3.77. The fourth-order valence-electron chi connectivity index (χ4n) is 10.1. The van der Waals surface area contributed by atoms with Crippen LogP contribution in [0.3, 0.4) is 0 Å². The highest BCUT2D eigenvalue weighted by molar-refractivity contribution is 5.72. The topological polar surface area (TPSA) is 142 Å². The van der Waals surface area contributed by atoms with Crippen molar-refractivity contribution in [3.63, 3.8) is 0 Å². The molecule has 11 nitrogen and oxygen atoms in total. The molecule has 0 saturated carbocycles. The number of rotatable bonds is 10. The highest BCUT2D eigenvalue weighted by Gasteiger charge is 2.62. The van der Waals surface area contributed by atoms with Crippen LogP contribution >= 0.6 is 0 Å². The number of ether oxygens (including phenoxy) is 7. The van der Waals surface area contributed by atoms with E-state index in [1.807, 2.05) is 20.8 Å². The molecule has 0 bridgehead atoms. The van der Waals surface area contributed by atoms with Gasteiger partial charge in [-0.1, -0.05) is 41.5 Å². The van der Waals surface area contributed by atoms with Crippen LogP contribution < -0.4 is 0 Å². The van der Waals surface area contributed by atoms with Crippen LogP contribution in [0.4, 0.5) is 0 Å². The molecular weight excluding hydrogens is 620 g/mol. The molecular formula is C37H64O11. The van der Waals surface area contributed by atoms with Gasteiger partial charge in [0.05, 0.1) is 73.6 Å². The molecule has 5 aliphatic rings. The summed E-state index contributed by atoms with van der Waals surface area (Å²) in [5, 5.41) is 32.3. The van der Waals surface area contributed by atoms with Crippen LogP contribution in [-0.4, -0.2) is 108 Å². The molecule has 1 spiro atoms. The number of aliphatic hydroxyl groups excluding tert-OH is 2. The van der Waals surface area contributed by atoms with Crippen molar-refractivity contribution in [3.8, 4) is 0 Å². The molecule has 0 aromatic heterocycles. The molecule has 0 aromatic carbocycles. The molecule has 0 amide bonds. The van der Waals surface area contributed by atoms with Crippen LogP contribution in [0.5, 0.6) is 0 Å². The Labute approximate surface area is 287 Å². The second-order valence-electron chi connectivity index (χ2n) is 16.5. The van der Waals surface area contributed by atoms with Crippen molar-refractivity contribution in [3.05, 3.63) is 0 Å². The van der Waals surface area contributed by atoms with Crippen LogP contribution in [0, 0.1) is 35.5 Å². The van der Waals surface area contributed by atoms with Crippen LogP contribution in [-0.2, 0) is 38.0 Å². The van der Waals surface area contributed by atoms with Gasteiger partial charge in [-0.3, -0.25) is 4.79 Å². The van der Waals surface area contributed by atoms with Gasteiger partial charge in [0.15, 0.2) is 11.6 Å². The van der Waals surface area contributed by atoms with Crippen molar-refractivity contribution >= 4 is 5.97 Å². The third-order valence-electron chi connectivity index (χ3n) is 13.2. The van der Waals surface area contributed by atoms with E-state index in [0.717, 1.165) is 38.5 Å². The number of carbonyl (C=O) groups excluding carboxylic acids is 1. The van der Waals surface area contributed by atoms with Gasteiger partial charge < -0.3 is 48.5 Å². The predicted octanol–water partition coefficient (Wildman–Crippen LogP) is 4.36. The average molecular weight is 685 g/mol. The van der Waals surface area contributed by atoms with Crippen molar-refractivity contribution in [2.24, 2.45) is 35.5 Å².